The Morgan fingerprint density at radius 2 is 1.70 bits per heavy atom. The maximum Gasteiger partial charge on any atom is 0.162 e. The van der Waals surface area contributed by atoms with Crippen molar-refractivity contribution in [2.24, 2.45) is 0 Å². The highest BCUT2D eigenvalue weighted by molar-refractivity contribution is 9.10. The van der Waals surface area contributed by atoms with Crippen molar-refractivity contribution in [3.63, 3.8) is 0 Å². The van der Waals surface area contributed by atoms with Gasteiger partial charge in [0.1, 0.15) is 0 Å². The molecule has 2 rings (SSSR count). The fourth-order valence-electron chi connectivity index (χ4n) is 1.76. The van der Waals surface area contributed by atoms with Gasteiger partial charge in [-0.25, -0.2) is 0 Å². The molecule has 0 aliphatic heterocycles. The van der Waals surface area contributed by atoms with Crippen molar-refractivity contribution in [3.05, 3.63) is 63.0 Å². The molecule has 2 aromatic carbocycles. The van der Waals surface area contributed by atoms with Gasteiger partial charge >= 0.3 is 0 Å². The van der Waals surface area contributed by atoms with Crippen LogP contribution < -0.4 is 0 Å². The van der Waals surface area contributed by atoms with Gasteiger partial charge < -0.3 is 0 Å². The Morgan fingerprint density at radius 3 is 2.40 bits per heavy atom. The molecule has 0 radical (unpaired) electrons. The Morgan fingerprint density at radius 1 is 1.00 bits per heavy atom. The average molecular weight is 414 g/mol. The van der Waals surface area contributed by atoms with Crippen molar-refractivity contribution < 1.29 is 4.79 Å². The van der Waals surface area contributed by atoms with Crippen molar-refractivity contribution in [1.29, 1.82) is 0 Å². The van der Waals surface area contributed by atoms with Crippen LogP contribution in [-0.4, -0.2) is 11.5 Å². The second kappa shape index (κ2) is 8.01. The number of thioether (sulfide) groups is 1. The number of benzene rings is 2. The fourth-order valence-corrected chi connectivity index (χ4v) is 3.54. The number of halogens is 2. The summed E-state index contributed by atoms with van der Waals surface area (Å²) < 4.78 is 2.11. The third kappa shape index (κ3) is 4.76. The lowest BCUT2D eigenvalue weighted by Gasteiger charge is -2.04. The maximum atomic E-state index is 12.0. The van der Waals surface area contributed by atoms with Crippen molar-refractivity contribution >= 4 is 49.4 Å². The van der Waals surface area contributed by atoms with Gasteiger partial charge in [-0.05, 0) is 52.4 Å². The standard InChI is InChI=1S/C16H14Br2OS/c17-13-9-7-12(8-10-13)15(19)5-3-11-20-16-6-2-1-4-14(16)18/h1-2,4,6-10H,3,5,11H2. The zero-order chi connectivity index (χ0) is 14.4. The summed E-state index contributed by atoms with van der Waals surface area (Å²) in [4.78, 5) is 13.2. The molecule has 104 valence electrons. The van der Waals surface area contributed by atoms with E-state index in [9.17, 15) is 4.79 Å². The molecule has 0 saturated carbocycles. The third-order valence-electron chi connectivity index (χ3n) is 2.81. The van der Waals surface area contributed by atoms with E-state index in [0.717, 1.165) is 26.7 Å². The number of carbonyl (C=O) groups excluding carboxylic acids is 1. The first-order chi connectivity index (χ1) is 9.66. The first-order valence-electron chi connectivity index (χ1n) is 6.33. The maximum absolute atomic E-state index is 12.0. The predicted molar refractivity (Wildman–Crippen MR) is 92.6 cm³/mol. The first-order valence-corrected chi connectivity index (χ1v) is 8.90. The van der Waals surface area contributed by atoms with Gasteiger partial charge in [-0.15, -0.1) is 11.8 Å². The number of hydrogen-bond donors (Lipinski definition) is 0. The van der Waals surface area contributed by atoms with Gasteiger partial charge in [-0.1, -0.05) is 40.2 Å². The summed E-state index contributed by atoms with van der Waals surface area (Å²) in [5.41, 5.74) is 0.791. The van der Waals surface area contributed by atoms with E-state index in [0.29, 0.717) is 6.42 Å². The second-order valence-corrected chi connectivity index (χ2v) is 7.22. The Kier molecular flexibility index (Phi) is 6.33. The average Bonchev–Trinajstić information content (AvgIpc) is 2.46. The van der Waals surface area contributed by atoms with Crippen LogP contribution in [0.25, 0.3) is 0 Å². The molecule has 4 heteroatoms. The van der Waals surface area contributed by atoms with Gasteiger partial charge in [-0.3, -0.25) is 4.79 Å². The summed E-state index contributed by atoms with van der Waals surface area (Å²) >= 11 is 8.68. The molecule has 0 bridgehead atoms. The van der Waals surface area contributed by atoms with E-state index >= 15 is 0 Å². The monoisotopic (exact) mass is 412 g/mol. The molecule has 0 spiro atoms. The molecule has 0 saturated heterocycles. The molecule has 1 nitrogen and oxygen atoms in total. The Balaban J connectivity index is 1.77. The lowest BCUT2D eigenvalue weighted by Crippen LogP contribution is -1.99. The van der Waals surface area contributed by atoms with Crippen LogP contribution in [0, 0.1) is 0 Å². The van der Waals surface area contributed by atoms with Crippen molar-refractivity contribution in [1.82, 2.24) is 0 Å². The Hall–Kier alpha value is -0.580. The van der Waals surface area contributed by atoms with Crippen LogP contribution in [0.15, 0.2) is 62.4 Å². The van der Waals surface area contributed by atoms with E-state index in [1.807, 2.05) is 42.5 Å². The molecule has 0 N–H and O–H groups in total. The quantitative estimate of drug-likeness (QED) is 0.329. The summed E-state index contributed by atoms with van der Waals surface area (Å²) in [6, 6.07) is 15.7. The molecule has 0 fully saturated rings. The van der Waals surface area contributed by atoms with Crippen molar-refractivity contribution in [2.75, 3.05) is 5.75 Å². The summed E-state index contributed by atoms with van der Waals surface area (Å²) in [7, 11) is 0. The van der Waals surface area contributed by atoms with E-state index in [-0.39, 0.29) is 5.78 Å². The third-order valence-corrected chi connectivity index (χ3v) is 5.45. The van der Waals surface area contributed by atoms with Gasteiger partial charge in [-0.2, -0.15) is 0 Å². The molecular weight excluding hydrogens is 400 g/mol. The molecule has 0 aliphatic rings. The molecule has 2 aromatic rings. The minimum atomic E-state index is 0.213. The first kappa shape index (κ1) is 15.8. The summed E-state index contributed by atoms with van der Waals surface area (Å²) in [6.45, 7) is 0. The molecule has 0 aromatic heterocycles. The van der Waals surface area contributed by atoms with E-state index in [4.69, 9.17) is 0 Å². The molecule has 0 amide bonds. The number of rotatable bonds is 6. The topological polar surface area (TPSA) is 17.1 Å². The Bertz CT molecular complexity index is 581. The SMILES string of the molecule is O=C(CCCSc1ccccc1Br)c1ccc(Br)cc1. The van der Waals surface area contributed by atoms with Crippen LogP contribution in [-0.2, 0) is 0 Å². The normalized spacial score (nSPS) is 10.5. The van der Waals surface area contributed by atoms with Crippen LogP contribution in [0.1, 0.15) is 23.2 Å². The smallest absolute Gasteiger partial charge is 0.162 e. The van der Waals surface area contributed by atoms with Crippen LogP contribution in [0.3, 0.4) is 0 Å². The molecule has 20 heavy (non-hydrogen) atoms. The molecule has 0 unspecified atom stereocenters. The van der Waals surface area contributed by atoms with Crippen LogP contribution in [0.4, 0.5) is 0 Å². The lowest BCUT2D eigenvalue weighted by atomic mass is 10.1. The highest BCUT2D eigenvalue weighted by Crippen LogP contribution is 2.27. The van der Waals surface area contributed by atoms with Crippen LogP contribution >= 0.6 is 43.6 Å². The van der Waals surface area contributed by atoms with Gasteiger partial charge in [0.2, 0.25) is 0 Å². The zero-order valence-electron chi connectivity index (χ0n) is 10.8. The zero-order valence-corrected chi connectivity index (χ0v) is 14.8. The highest BCUT2D eigenvalue weighted by Gasteiger charge is 2.06. The van der Waals surface area contributed by atoms with Gasteiger partial charge in [0.15, 0.2) is 5.78 Å². The predicted octanol–water partition coefficient (Wildman–Crippen LogP) is 5.97. The van der Waals surface area contributed by atoms with E-state index in [1.165, 1.54) is 4.90 Å². The summed E-state index contributed by atoms with van der Waals surface area (Å²) in [5, 5.41) is 0. The number of carbonyl (C=O) groups is 1. The van der Waals surface area contributed by atoms with E-state index in [1.54, 1.807) is 11.8 Å². The number of ketones is 1. The molecule has 0 heterocycles. The lowest BCUT2D eigenvalue weighted by molar-refractivity contribution is 0.0982. The number of Topliss-reactive ketones (excluding diaryl/α,β-unsaturated/α-hetero) is 1. The molecule has 0 atom stereocenters. The minimum Gasteiger partial charge on any atom is -0.294 e. The van der Waals surface area contributed by atoms with Crippen LogP contribution in [0.2, 0.25) is 0 Å². The summed E-state index contributed by atoms with van der Waals surface area (Å²) in [6.07, 6.45) is 1.49. The Labute approximate surface area is 140 Å². The van der Waals surface area contributed by atoms with Crippen molar-refractivity contribution in [2.45, 2.75) is 17.7 Å². The molecule has 0 aliphatic carbocycles. The highest BCUT2D eigenvalue weighted by atomic mass is 79.9. The number of hydrogen-bond acceptors (Lipinski definition) is 2. The fraction of sp³-hybridized carbons (Fsp3) is 0.188. The summed E-state index contributed by atoms with van der Waals surface area (Å²) in [5.74, 6) is 1.16. The van der Waals surface area contributed by atoms with Crippen LogP contribution in [0.5, 0.6) is 0 Å². The second-order valence-electron chi connectivity index (χ2n) is 4.31. The van der Waals surface area contributed by atoms with E-state index < -0.39 is 0 Å². The van der Waals surface area contributed by atoms with Gasteiger partial charge in [0.25, 0.3) is 0 Å². The van der Waals surface area contributed by atoms with E-state index in [2.05, 4.69) is 37.9 Å². The van der Waals surface area contributed by atoms with Gasteiger partial charge in [0, 0.05) is 25.8 Å². The van der Waals surface area contributed by atoms with Crippen molar-refractivity contribution in [3.8, 4) is 0 Å². The largest absolute Gasteiger partial charge is 0.294 e. The minimum absolute atomic E-state index is 0.213. The van der Waals surface area contributed by atoms with Gasteiger partial charge in [0.05, 0.1) is 0 Å². The molecular formula is C16H14Br2OS.